The largest absolute Gasteiger partial charge is 0.465 e. The van der Waals surface area contributed by atoms with E-state index in [9.17, 15) is 4.39 Å². The van der Waals surface area contributed by atoms with Crippen molar-refractivity contribution in [3.05, 3.63) is 16.8 Å². The number of hydrogen-bond acceptors (Lipinski definition) is 4. The molecule has 0 amide bonds. The van der Waals surface area contributed by atoms with Crippen LogP contribution in [0.1, 0.15) is 6.92 Å². The van der Waals surface area contributed by atoms with Gasteiger partial charge in [0, 0.05) is 6.07 Å². The van der Waals surface area contributed by atoms with Crippen molar-refractivity contribution in [1.82, 2.24) is 19.6 Å². The lowest BCUT2D eigenvalue weighted by atomic mass is 10.6. The fourth-order valence-electron chi connectivity index (χ4n) is 1.10. The topological polar surface area (TPSA) is 55.2 Å². The van der Waals surface area contributed by atoms with Crippen LogP contribution in [-0.4, -0.2) is 26.2 Å². The van der Waals surface area contributed by atoms with Crippen LogP contribution in [0.2, 0.25) is 0 Å². The van der Waals surface area contributed by atoms with Gasteiger partial charge in [0.15, 0.2) is 5.65 Å². The molecule has 14 heavy (non-hydrogen) atoms. The number of nitrogens with one attached hydrogen (secondary N) is 1. The molecule has 2 heterocycles. The summed E-state index contributed by atoms with van der Waals surface area (Å²) >= 11 is 4.93. The molecule has 0 atom stereocenters. The van der Waals surface area contributed by atoms with Gasteiger partial charge in [-0.1, -0.05) is 0 Å². The fraction of sp³-hybridized carbons (Fsp3) is 0.286. The molecular weight excluding hydrogens is 207 g/mol. The van der Waals surface area contributed by atoms with Gasteiger partial charge in [-0.15, -0.1) is 0 Å². The third kappa shape index (κ3) is 1.35. The first-order chi connectivity index (χ1) is 6.72. The zero-order valence-corrected chi connectivity index (χ0v) is 8.14. The van der Waals surface area contributed by atoms with E-state index in [1.165, 1.54) is 10.5 Å². The van der Waals surface area contributed by atoms with Gasteiger partial charge < -0.3 is 4.74 Å². The van der Waals surface area contributed by atoms with Gasteiger partial charge in [-0.3, -0.25) is 5.10 Å². The lowest BCUT2D eigenvalue weighted by molar-refractivity contribution is 0.301. The standard InChI is InChI=1S/C7H7FN4OS/c1-2-13-6-9-4(8)3-5-10-11-7(14)12(5)6/h3H,2H2,1H3,(H,11,14). The Morgan fingerprint density at radius 3 is 3.21 bits per heavy atom. The highest BCUT2D eigenvalue weighted by Gasteiger charge is 2.08. The number of aromatic amines is 1. The molecule has 0 unspecified atom stereocenters. The van der Waals surface area contributed by atoms with Crippen molar-refractivity contribution in [3.63, 3.8) is 0 Å². The third-order valence-corrected chi connectivity index (χ3v) is 1.89. The van der Waals surface area contributed by atoms with Crippen molar-refractivity contribution < 1.29 is 9.13 Å². The molecule has 7 heteroatoms. The normalized spacial score (nSPS) is 10.7. The van der Waals surface area contributed by atoms with Crippen LogP contribution >= 0.6 is 12.2 Å². The van der Waals surface area contributed by atoms with Gasteiger partial charge in [0.1, 0.15) is 0 Å². The van der Waals surface area contributed by atoms with Crippen molar-refractivity contribution >= 4 is 17.9 Å². The summed E-state index contributed by atoms with van der Waals surface area (Å²) in [5.41, 5.74) is 0.353. The van der Waals surface area contributed by atoms with E-state index in [-0.39, 0.29) is 6.01 Å². The molecule has 0 fully saturated rings. The van der Waals surface area contributed by atoms with Gasteiger partial charge in [0.05, 0.1) is 6.61 Å². The van der Waals surface area contributed by atoms with Crippen molar-refractivity contribution in [1.29, 1.82) is 0 Å². The molecule has 0 aliphatic rings. The van der Waals surface area contributed by atoms with E-state index in [1.807, 2.05) is 0 Å². The predicted molar refractivity (Wildman–Crippen MR) is 49.3 cm³/mol. The van der Waals surface area contributed by atoms with Crippen LogP contribution in [0.15, 0.2) is 6.07 Å². The molecular formula is C7H7FN4OS. The van der Waals surface area contributed by atoms with Crippen LogP contribution in [-0.2, 0) is 0 Å². The van der Waals surface area contributed by atoms with E-state index in [1.54, 1.807) is 6.92 Å². The minimum Gasteiger partial charge on any atom is -0.465 e. The van der Waals surface area contributed by atoms with E-state index in [2.05, 4.69) is 15.2 Å². The second-order valence-corrected chi connectivity index (χ2v) is 2.90. The summed E-state index contributed by atoms with van der Waals surface area (Å²) in [6.07, 6.45) is 0. The van der Waals surface area contributed by atoms with Crippen molar-refractivity contribution in [2.75, 3.05) is 6.61 Å². The molecule has 1 N–H and O–H groups in total. The zero-order chi connectivity index (χ0) is 10.1. The Morgan fingerprint density at radius 2 is 2.50 bits per heavy atom. The minimum absolute atomic E-state index is 0.112. The highest BCUT2D eigenvalue weighted by atomic mass is 32.1. The summed E-state index contributed by atoms with van der Waals surface area (Å²) in [6.45, 7) is 2.17. The van der Waals surface area contributed by atoms with E-state index in [0.29, 0.717) is 17.0 Å². The second-order valence-electron chi connectivity index (χ2n) is 2.52. The van der Waals surface area contributed by atoms with Crippen LogP contribution in [0, 0.1) is 10.7 Å². The van der Waals surface area contributed by atoms with E-state index in [0.717, 1.165) is 0 Å². The molecule has 0 radical (unpaired) electrons. The fourth-order valence-corrected chi connectivity index (χ4v) is 1.31. The van der Waals surface area contributed by atoms with Gasteiger partial charge >= 0.3 is 6.01 Å². The van der Waals surface area contributed by atoms with Gasteiger partial charge in [-0.05, 0) is 19.1 Å². The second kappa shape index (κ2) is 3.33. The smallest absolute Gasteiger partial charge is 0.307 e. The van der Waals surface area contributed by atoms with Crippen molar-refractivity contribution in [3.8, 4) is 6.01 Å². The van der Waals surface area contributed by atoms with Gasteiger partial charge in [-0.2, -0.15) is 14.5 Å². The molecule has 2 aromatic rings. The lowest BCUT2D eigenvalue weighted by Crippen LogP contribution is -2.03. The van der Waals surface area contributed by atoms with Crippen molar-refractivity contribution in [2.45, 2.75) is 6.92 Å². The average Bonchev–Trinajstić information content (AvgIpc) is 2.48. The monoisotopic (exact) mass is 214 g/mol. The molecule has 2 aromatic heterocycles. The number of H-pyrrole nitrogens is 1. The van der Waals surface area contributed by atoms with Gasteiger partial charge in [0.25, 0.3) is 0 Å². The Kier molecular flexibility index (Phi) is 2.16. The Morgan fingerprint density at radius 1 is 1.71 bits per heavy atom. The number of rotatable bonds is 2. The number of hydrogen-bond donors (Lipinski definition) is 1. The summed E-state index contributed by atoms with van der Waals surface area (Å²) in [7, 11) is 0. The van der Waals surface area contributed by atoms with Gasteiger partial charge in [-0.25, -0.2) is 4.40 Å². The highest BCUT2D eigenvalue weighted by molar-refractivity contribution is 7.71. The average molecular weight is 214 g/mol. The summed E-state index contributed by atoms with van der Waals surface area (Å²) in [6, 6.07) is 1.29. The summed E-state index contributed by atoms with van der Waals surface area (Å²) in [4.78, 5) is 3.57. The Labute approximate surface area is 83.5 Å². The first kappa shape index (κ1) is 9.07. The Hall–Kier alpha value is -1.50. The molecule has 2 rings (SSSR count). The van der Waals surface area contributed by atoms with Gasteiger partial charge in [0.2, 0.25) is 10.7 Å². The van der Waals surface area contributed by atoms with E-state index >= 15 is 0 Å². The Bertz CT molecular complexity index is 520. The highest BCUT2D eigenvalue weighted by Crippen LogP contribution is 2.12. The Balaban J connectivity index is 2.77. The molecule has 0 aliphatic heterocycles. The molecule has 0 aliphatic carbocycles. The van der Waals surface area contributed by atoms with Crippen LogP contribution < -0.4 is 4.74 Å². The summed E-state index contributed by atoms with van der Waals surface area (Å²) in [5, 5.41) is 6.34. The zero-order valence-electron chi connectivity index (χ0n) is 7.32. The van der Waals surface area contributed by atoms with Crippen LogP contribution in [0.5, 0.6) is 6.01 Å². The predicted octanol–water partition coefficient (Wildman–Crippen LogP) is 1.32. The third-order valence-electron chi connectivity index (χ3n) is 1.61. The van der Waals surface area contributed by atoms with Crippen molar-refractivity contribution in [2.24, 2.45) is 0 Å². The quantitative estimate of drug-likeness (QED) is 0.605. The molecule has 0 bridgehead atoms. The number of aromatic nitrogens is 4. The molecule has 0 spiro atoms. The first-order valence-corrected chi connectivity index (χ1v) is 4.39. The summed E-state index contributed by atoms with van der Waals surface area (Å²) < 4.78 is 19.8. The molecule has 0 saturated carbocycles. The lowest BCUT2D eigenvalue weighted by Gasteiger charge is -2.03. The number of ether oxygens (including phenoxy) is 1. The maximum absolute atomic E-state index is 12.9. The maximum Gasteiger partial charge on any atom is 0.307 e. The molecule has 5 nitrogen and oxygen atoms in total. The summed E-state index contributed by atoms with van der Waals surface area (Å²) in [5.74, 6) is -0.644. The van der Waals surface area contributed by atoms with Crippen LogP contribution in [0.4, 0.5) is 4.39 Å². The molecule has 0 aromatic carbocycles. The number of fused-ring (bicyclic) bond motifs is 1. The van der Waals surface area contributed by atoms with Crippen LogP contribution in [0.3, 0.4) is 0 Å². The number of halogens is 1. The van der Waals surface area contributed by atoms with Crippen LogP contribution in [0.25, 0.3) is 5.65 Å². The van der Waals surface area contributed by atoms with E-state index < -0.39 is 5.95 Å². The maximum atomic E-state index is 12.9. The molecule has 74 valence electrons. The van der Waals surface area contributed by atoms with E-state index in [4.69, 9.17) is 17.0 Å². The first-order valence-electron chi connectivity index (χ1n) is 3.99. The minimum atomic E-state index is -0.644. The SMILES string of the molecule is CCOc1nc(F)cc2n[nH]c(=S)n12. The number of nitrogens with zero attached hydrogens (tertiary/aromatic N) is 3. The molecule has 0 saturated heterocycles.